The van der Waals surface area contributed by atoms with Crippen LogP contribution in [0.1, 0.15) is 39.5 Å². The molecule has 2 fully saturated rings. The molecule has 1 aliphatic heterocycles. The second-order valence-electron chi connectivity index (χ2n) is 5.43. The van der Waals surface area contributed by atoms with Crippen LogP contribution >= 0.6 is 0 Å². The summed E-state index contributed by atoms with van der Waals surface area (Å²) in [5.74, 6) is 2.88. The first-order valence-corrected chi connectivity index (χ1v) is 6.29. The van der Waals surface area contributed by atoms with Crippen molar-refractivity contribution in [2.45, 2.75) is 39.5 Å². The molecule has 4 atom stereocenters. The summed E-state index contributed by atoms with van der Waals surface area (Å²) in [7, 11) is 0. The van der Waals surface area contributed by atoms with Gasteiger partial charge in [-0.15, -0.1) is 0 Å². The quantitative estimate of drug-likeness (QED) is 0.665. The van der Waals surface area contributed by atoms with Gasteiger partial charge in [0, 0.05) is 12.3 Å². The normalized spacial score (nSPS) is 42.9. The maximum atomic E-state index is 11.8. The van der Waals surface area contributed by atoms with E-state index in [2.05, 4.69) is 13.8 Å². The summed E-state index contributed by atoms with van der Waals surface area (Å²) in [5, 5.41) is 0. The molecule has 2 nitrogen and oxygen atoms in total. The van der Waals surface area contributed by atoms with Gasteiger partial charge in [0.2, 0.25) is 0 Å². The molecule has 0 bridgehead atoms. The molecule has 86 valence electrons. The van der Waals surface area contributed by atoms with Crippen molar-refractivity contribution < 1.29 is 9.53 Å². The first-order valence-electron chi connectivity index (χ1n) is 6.29. The summed E-state index contributed by atoms with van der Waals surface area (Å²) in [6.07, 6.45) is 4.38. The highest BCUT2D eigenvalue weighted by molar-refractivity contribution is 5.82. The summed E-state index contributed by atoms with van der Waals surface area (Å²) in [6, 6.07) is 0. The Labute approximate surface area is 92.4 Å². The molecule has 0 aromatic carbocycles. The van der Waals surface area contributed by atoms with Crippen LogP contribution in [0.15, 0.2) is 0 Å². The van der Waals surface area contributed by atoms with E-state index >= 15 is 0 Å². The number of hydrogen-bond donors (Lipinski definition) is 0. The van der Waals surface area contributed by atoms with E-state index in [1.165, 1.54) is 19.3 Å². The van der Waals surface area contributed by atoms with Gasteiger partial charge in [-0.25, -0.2) is 0 Å². The Bertz CT molecular complexity index is 237. The van der Waals surface area contributed by atoms with Gasteiger partial charge in [-0.2, -0.15) is 0 Å². The standard InChI is InChI=1S/C13H22O2/c1-9-3-4-11(7-10(9)2)12-8-15-6-5-13(12)14/h9-12H,3-8H2,1-2H3. The van der Waals surface area contributed by atoms with Crippen molar-refractivity contribution in [3.05, 3.63) is 0 Å². The second-order valence-corrected chi connectivity index (χ2v) is 5.43. The maximum Gasteiger partial charge on any atom is 0.140 e. The second kappa shape index (κ2) is 4.65. The number of ketones is 1. The molecule has 1 heterocycles. The van der Waals surface area contributed by atoms with Gasteiger partial charge in [0.25, 0.3) is 0 Å². The van der Waals surface area contributed by atoms with Gasteiger partial charge in [0.15, 0.2) is 0 Å². The van der Waals surface area contributed by atoms with Crippen LogP contribution in [-0.2, 0) is 9.53 Å². The van der Waals surface area contributed by atoms with E-state index in [0.29, 0.717) is 31.3 Å². The van der Waals surface area contributed by atoms with E-state index in [1.54, 1.807) is 0 Å². The molecule has 0 radical (unpaired) electrons. The van der Waals surface area contributed by atoms with Crippen molar-refractivity contribution in [3.8, 4) is 0 Å². The summed E-state index contributed by atoms with van der Waals surface area (Å²) in [4.78, 5) is 11.8. The van der Waals surface area contributed by atoms with E-state index in [4.69, 9.17) is 4.74 Å². The highest BCUT2D eigenvalue weighted by Crippen LogP contribution is 2.38. The van der Waals surface area contributed by atoms with Gasteiger partial charge in [-0.05, 0) is 30.6 Å². The summed E-state index contributed by atoms with van der Waals surface area (Å²) in [5.41, 5.74) is 0. The van der Waals surface area contributed by atoms with Gasteiger partial charge >= 0.3 is 0 Å². The van der Waals surface area contributed by atoms with E-state index in [1.807, 2.05) is 0 Å². The molecular formula is C13H22O2. The molecule has 0 aromatic rings. The van der Waals surface area contributed by atoms with Gasteiger partial charge in [-0.1, -0.05) is 20.3 Å². The van der Waals surface area contributed by atoms with Crippen molar-refractivity contribution in [3.63, 3.8) is 0 Å². The maximum absolute atomic E-state index is 11.8. The van der Waals surface area contributed by atoms with E-state index in [9.17, 15) is 4.79 Å². The number of hydrogen-bond acceptors (Lipinski definition) is 2. The van der Waals surface area contributed by atoms with Gasteiger partial charge in [0.1, 0.15) is 5.78 Å². The lowest BCUT2D eigenvalue weighted by molar-refractivity contribution is -0.134. The predicted molar refractivity (Wildman–Crippen MR) is 59.6 cm³/mol. The van der Waals surface area contributed by atoms with Crippen LogP contribution in [0.2, 0.25) is 0 Å². The summed E-state index contributed by atoms with van der Waals surface area (Å²) < 4.78 is 5.45. The average molecular weight is 210 g/mol. The average Bonchev–Trinajstić information content (AvgIpc) is 2.23. The highest BCUT2D eigenvalue weighted by Gasteiger charge is 2.35. The SMILES string of the molecule is CC1CCC(C2COCCC2=O)CC1C. The lowest BCUT2D eigenvalue weighted by atomic mass is 9.70. The topological polar surface area (TPSA) is 26.3 Å². The molecule has 0 spiro atoms. The van der Waals surface area contributed by atoms with Crippen LogP contribution in [0.4, 0.5) is 0 Å². The number of Topliss-reactive ketones (excluding diaryl/α,β-unsaturated/α-hetero) is 1. The zero-order chi connectivity index (χ0) is 10.8. The predicted octanol–water partition coefficient (Wildman–Crippen LogP) is 2.66. The summed E-state index contributed by atoms with van der Waals surface area (Å²) in [6.45, 7) is 5.99. The molecule has 4 unspecified atom stereocenters. The molecule has 2 rings (SSSR count). The molecule has 0 aromatic heterocycles. The van der Waals surface area contributed by atoms with E-state index in [-0.39, 0.29) is 5.92 Å². The van der Waals surface area contributed by atoms with Gasteiger partial charge < -0.3 is 4.74 Å². The van der Waals surface area contributed by atoms with Gasteiger partial charge in [0.05, 0.1) is 13.2 Å². The fourth-order valence-electron chi connectivity index (χ4n) is 3.02. The lowest BCUT2D eigenvalue weighted by Crippen LogP contribution is -2.37. The van der Waals surface area contributed by atoms with Crippen LogP contribution in [0.5, 0.6) is 0 Å². The zero-order valence-electron chi connectivity index (χ0n) is 9.87. The van der Waals surface area contributed by atoms with Crippen molar-refractivity contribution in [2.24, 2.45) is 23.7 Å². The number of carbonyl (C=O) groups excluding carboxylic acids is 1. The van der Waals surface area contributed by atoms with Crippen LogP contribution in [-0.4, -0.2) is 19.0 Å². The fraction of sp³-hybridized carbons (Fsp3) is 0.923. The zero-order valence-corrected chi connectivity index (χ0v) is 9.87. The molecule has 0 N–H and O–H groups in total. The smallest absolute Gasteiger partial charge is 0.140 e. The Morgan fingerprint density at radius 3 is 2.67 bits per heavy atom. The van der Waals surface area contributed by atoms with Gasteiger partial charge in [-0.3, -0.25) is 4.79 Å². The third-order valence-corrected chi connectivity index (χ3v) is 4.41. The molecule has 2 aliphatic rings. The van der Waals surface area contributed by atoms with Crippen molar-refractivity contribution in [1.29, 1.82) is 0 Å². The number of carbonyl (C=O) groups is 1. The van der Waals surface area contributed by atoms with Crippen LogP contribution < -0.4 is 0 Å². The lowest BCUT2D eigenvalue weighted by Gasteiger charge is -2.37. The minimum Gasteiger partial charge on any atom is -0.380 e. The first kappa shape index (κ1) is 11.1. The molecule has 1 saturated carbocycles. The highest BCUT2D eigenvalue weighted by atomic mass is 16.5. The molecule has 0 amide bonds. The Morgan fingerprint density at radius 1 is 1.20 bits per heavy atom. The Morgan fingerprint density at radius 2 is 2.00 bits per heavy atom. The molecule has 2 heteroatoms. The van der Waals surface area contributed by atoms with Crippen molar-refractivity contribution >= 4 is 5.78 Å². The third-order valence-electron chi connectivity index (χ3n) is 4.41. The van der Waals surface area contributed by atoms with Crippen LogP contribution in [0, 0.1) is 23.7 Å². The number of rotatable bonds is 1. The van der Waals surface area contributed by atoms with Crippen molar-refractivity contribution in [2.75, 3.05) is 13.2 Å². The van der Waals surface area contributed by atoms with E-state index in [0.717, 1.165) is 11.8 Å². The minimum atomic E-state index is 0.216. The largest absolute Gasteiger partial charge is 0.380 e. The third kappa shape index (κ3) is 2.41. The monoisotopic (exact) mass is 210 g/mol. The summed E-state index contributed by atoms with van der Waals surface area (Å²) >= 11 is 0. The Balaban J connectivity index is 1.95. The molecular weight excluding hydrogens is 188 g/mol. The first-order chi connectivity index (χ1) is 7.18. The Hall–Kier alpha value is -0.370. The fourth-order valence-corrected chi connectivity index (χ4v) is 3.02. The molecule has 1 aliphatic carbocycles. The van der Waals surface area contributed by atoms with Crippen molar-refractivity contribution in [1.82, 2.24) is 0 Å². The van der Waals surface area contributed by atoms with Crippen LogP contribution in [0.3, 0.4) is 0 Å². The number of ether oxygens (including phenoxy) is 1. The van der Waals surface area contributed by atoms with E-state index < -0.39 is 0 Å². The molecule has 1 saturated heterocycles. The van der Waals surface area contributed by atoms with Crippen LogP contribution in [0.25, 0.3) is 0 Å². The molecule has 15 heavy (non-hydrogen) atoms. The Kier molecular flexibility index (Phi) is 3.45. The minimum absolute atomic E-state index is 0.216.